The molecule has 0 unspecified atom stereocenters. The lowest BCUT2D eigenvalue weighted by atomic mass is 10.1. The van der Waals surface area contributed by atoms with Gasteiger partial charge in [0.05, 0.1) is 0 Å². The first-order valence-electron chi connectivity index (χ1n) is 6.40. The van der Waals surface area contributed by atoms with Crippen molar-refractivity contribution in [3.63, 3.8) is 0 Å². The molecule has 0 saturated heterocycles. The van der Waals surface area contributed by atoms with Crippen LogP contribution in [0, 0.1) is 0 Å². The van der Waals surface area contributed by atoms with E-state index >= 15 is 0 Å². The molecule has 1 aromatic carbocycles. The minimum Gasteiger partial charge on any atom is -0.372 e. The molecule has 0 fully saturated rings. The summed E-state index contributed by atoms with van der Waals surface area (Å²) in [6, 6.07) is 10.5. The van der Waals surface area contributed by atoms with E-state index in [-0.39, 0.29) is 0 Å². The molecule has 1 aliphatic carbocycles. The van der Waals surface area contributed by atoms with Gasteiger partial charge in [-0.15, -0.1) is 0 Å². The second-order valence-electron chi connectivity index (χ2n) is 4.44. The SMILES string of the molecule is NCCN(/C=C1/C=CC=CC1)Cc1ccccc1. The minimum absolute atomic E-state index is 0.677. The summed E-state index contributed by atoms with van der Waals surface area (Å²) in [4.78, 5) is 2.29. The van der Waals surface area contributed by atoms with Gasteiger partial charge in [-0.25, -0.2) is 0 Å². The van der Waals surface area contributed by atoms with Crippen molar-refractivity contribution in [1.29, 1.82) is 0 Å². The molecule has 2 heteroatoms. The number of hydrogen-bond acceptors (Lipinski definition) is 2. The molecule has 0 bridgehead atoms. The molecule has 94 valence electrons. The Kier molecular flexibility index (Phi) is 4.79. The van der Waals surface area contributed by atoms with Crippen molar-refractivity contribution in [1.82, 2.24) is 4.90 Å². The van der Waals surface area contributed by atoms with Gasteiger partial charge in [-0.3, -0.25) is 0 Å². The van der Waals surface area contributed by atoms with E-state index in [1.165, 1.54) is 11.1 Å². The van der Waals surface area contributed by atoms with Gasteiger partial charge >= 0.3 is 0 Å². The third-order valence-corrected chi connectivity index (χ3v) is 2.90. The molecule has 1 aromatic rings. The highest BCUT2D eigenvalue weighted by atomic mass is 15.1. The smallest absolute Gasteiger partial charge is 0.0424 e. The topological polar surface area (TPSA) is 29.3 Å². The monoisotopic (exact) mass is 240 g/mol. The van der Waals surface area contributed by atoms with E-state index in [2.05, 4.69) is 59.7 Å². The molecular weight excluding hydrogens is 220 g/mol. The van der Waals surface area contributed by atoms with Gasteiger partial charge in [-0.05, 0) is 17.6 Å². The number of hydrogen-bond donors (Lipinski definition) is 1. The molecule has 1 aliphatic rings. The van der Waals surface area contributed by atoms with E-state index in [4.69, 9.17) is 5.73 Å². The first kappa shape index (κ1) is 12.7. The summed E-state index contributed by atoms with van der Waals surface area (Å²) >= 11 is 0. The highest BCUT2D eigenvalue weighted by molar-refractivity contribution is 5.29. The number of allylic oxidation sites excluding steroid dienone is 5. The summed E-state index contributed by atoms with van der Waals surface area (Å²) in [5.74, 6) is 0. The summed E-state index contributed by atoms with van der Waals surface area (Å²) < 4.78 is 0. The van der Waals surface area contributed by atoms with Gasteiger partial charge in [0, 0.05) is 25.8 Å². The van der Waals surface area contributed by atoms with E-state index in [1.54, 1.807) is 0 Å². The Labute approximate surface area is 109 Å². The fourth-order valence-electron chi connectivity index (χ4n) is 2.03. The summed E-state index contributed by atoms with van der Waals surface area (Å²) in [5, 5.41) is 0. The second kappa shape index (κ2) is 6.82. The van der Waals surface area contributed by atoms with Gasteiger partial charge in [0.25, 0.3) is 0 Å². The van der Waals surface area contributed by atoms with Crippen LogP contribution in [0.1, 0.15) is 12.0 Å². The predicted octanol–water partition coefficient (Wildman–Crippen LogP) is 2.85. The Bertz CT molecular complexity index is 443. The number of nitrogens with zero attached hydrogens (tertiary/aromatic N) is 1. The van der Waals surface area contributed by atoms with Crippen LogP contribution in [-0.2, 0) is 6.54 Å². The van der Waals surface area contributed by atoms with Crippen LogP contribution in [0.5, 0.6) is 0 Å². The molecule has 0 radical (unpaired) electrons. The van der Waals surface area contributed by atoms with Gasteiger partial charge in [-0.2, -0.15) is 0 Å². The average Bonchev–Trinajstić information content (AvgIpc) is 2.41. The summed E-state index contributed by atoms with van der Waals surface area (Å²) in [6.07, 6.45) is 11.7. The summed E-state index contributed by atoms with van der Waals surface area (Å²) in [7, 11) is 0. The molecule has 0 saturated carbocycles. The first-order valence-corrected chi connectivity index (χ1v) is 6.40. The van der Waals surface area contributed by atoms with Crippen LogP contribution in [0.15, 0.2) is 66.4 Å². The van der Waals surface area contributed by atoms with Gasteiger partial charge < -0.3 is 10.6 Å². The first-order chi connectivity index (χ1) is 8.88. The zero-order valence-electron chi connectivity index (χ0n) is 10.6. The third kappa shape index (κ3) is 3.90. The normalized spacial score (nSPS) is 16.2. The number of rotatable bonds is 5. The van der Waals surface area contributed by atoms with Crippen LogP contribution in [0.2, 0.25) is 0 Å². The average molecular weight is 240 g/mol. The van der Waals surface area contributed by atoms with E-state index < -0.39 is 0 Å². The number of nitrogens with two attached hydrogens (primary N) is 1. The molecule has 0 aromatic heterocycles. The Hall–Kier alpha value is -1.80. The zero-order chi connectivity index (χ0) is 12.6. The van der Waals surface area contributed by atoms with Crippen molar-refractivity contribution in [2.24, 2.45) is 5.73 Å². The molecule has 0 amide bonds. The van der Waals surface area contributed by atoms with Crippen molar-refractivity contribution in [3.8, 4) is 0 Å². The largest absolute Gasteiger partial charge is 0.372 e. The molecule has 0 heterocycles. The molecule has 18 heavy (non-hydrogen) atoms. The van der Waals surface area contributed by atoms with Crippen LogP contribution in [0.25, 0.3) is 0 Å². The molecule has 2 N–H and O–H groups in total. The maximum absolute atomic E-state index is 5.69. The lowest BCUT2D eigenvalue weighted by Crippen LogP contribution is -2.24. The highest BCUT2D eigenvalue weighted by Crippen LogP contribution is 2.13. The Morgan fingerprint density at radius 3 is 2.67 bits per heavy atom. The van der Waals surface area contributed by atoms with Gasteiger partial charge in [0.1, 0.15) is 0 Å². The predicted molar refractivity (Wildman–Crippen MR) is 76.9 cm³/mol. The summed E-state index contributed by atoms with van der Waals surface area (Å²) in [6.45, 7) is 2.48. The van der Waals surface area contributed by atoms with Crippen molar-refractivity contribution in [2.75, 3.05) is 13.1 Å². The maximum atomic E-state index is 5.69. The molecule has 0 atom stereocenters. The maximum Gasteiger partial charge on any atom is 0.0424 e. The molecule has 0 aliphatic heterocycles. The fraction of sp³-hybridized carbons (Fsp3) is 0.250. The van der Waals surface area contributed by atoms with Crippen molar-refractivity contribution >= 4 is 0 Å². The van der Waals surface area contributed by atoms with E-state index in [0.717, 1.165) is 19.5 Å². The Balaban J connectivity index is 2.04. The highest BCUT2D eigenvalue weighted by Gasteiger charge is 2.02. The van der Waals surface area contributed by atoms with Crippen molar-refractivity contribution in [2.45, 2.75) is 13.0 Å². The van der Waals surface area contributed by atoms with Gasteiger partial charge in [0.2, 0.25) is 0 Å². The van der Waals surface area contributed by atoms with Crippen LogP contribution in [-0.4, -0.2) is 18.0 Å². The Morgan fingerprint density at radius 2 is 2.00 bits per heavy atom. The van der Waals surface area contributed by atoms with Gasteiger partial charge in [-0.1, -0.05) is 54.6 Å². The quantitative estimate of drug-likeness (QED) is 0.857. The van der Waals surface area contributed by atoms with Crippen LogP contribution >= 0.6 is 0 Å². The molecule has 0 spiro atoms. The Morgan fingerprint density at radius 1 is 1.17 bits per heavy atom. The third-order valence-electron chi connectivity index (χ3n) is 2.90. The number of benzene rings is 1. The fourth-order valence-corrected chi connectivity index (χ4v) is 2.03. The zero-order valence-corrected chi connectivity index (χ0v) is 10.6. The van der Waals surface area contributed by atoms with Crippen molar-refractivity contribution in [3.05, 3.63) is 72.0 Å². The van der Waals surface area contributed by atoms with E-state index in [9.17, 15) is 0 Å². The van der Waals surface area contributed by atoms with Crippen LogP contribution in [0.4, 0.5) is 0 Å². The summed E-state index contributed by atoms with van der Waals surface area (Å²) in [5.41, 5.74) is 8.34. The molecule has 2 rings (SSSR count). The van der Waals surface area contributed by atoms with Crippen LogP contribution < -0.4 is 5.73 Å². The lowest BCUT2D eigenvalue weighted by molar-refractivity contribution is 0.376. The van der Waals surface area contributed by atoms with Crippen molar-refractivity contribution < 1.29 is 0 Å². The van der Waals surface area contributed by atoms with Gasteiger partial charge in [0.15, 0.2) is 0 Å². The standard InChI is InChI=1S/C16H20N2/c17-11-12-18(13-15-7-3-1-4-8-15)14-16-9-5-2-6-10-16/h1-9,14H,10-13,17H2/b16-14-. The van der Waals surface area contributed by atoms with E-state index in [0.29, 0.717) is 6.54 Å². The van der Waals surface area contributed by atoms with Crippen LogP contribution in [0.3, 0.4) is 0 Å². The van der Waals surface area contributed by atoms with E-state index in [1.807, 2.05) is 6.07 Å². The minimum atomic E-state index is 0.677. The molecule has 2 nitrogen and oxygen atoms in total. The molecular formula is C16H20N2. The second-order valence-corrected chi connectivity index (χ2v) is 4.44. The lowest BCUT2D eigenvalue weighted by Gasteiger charge is -2.21.